The van der Waals surface area contributed by atoms with Crippen LogP contribution in [0.3, 0.4) is 0 Å². The minimum atomic E-state index is -0.459. The molecule has 2 rings (SSSR count). The van der Waals surface area contributed by atoms with Crippen molar-refractivity contribution >= 4 is 27.3 Å². The molecule has 2 aromatic heterocycles. The van der Waals surface area contributed by atoms with Gasteiger partial charge < -0.3 is 5.11 Å². The molecule has 0 radical (unpaired) electrons. The number of aliphatic hydroxyl groups excluding tert-OH is 1. The van der Waals surface area contributed by atoms with Crippen molar-refractivity contribution in [1.82, 2.24) is 9.78 Å². The number of rotatable bonds is 4. The van der Waals surface area contributed by atoms with Crippen LogP contribution >= 0.6 is 27.3 Å². The molecule has 17 heavy (non-hydrogen) atoms. The lowest BCUT2D eigenvalue weighted by atomic mass is 10.1. The second-order valence-electron chi connectivity index (χ2n) is 4.00. The van der Waals surface area contributed by atoms with Crippen molar-refractivity contribution in [1.29, 1.82) is 0 Å². The zero-order valence-corrected chi connectivity index (χ0v) is 12.3. The fraction of sp³-hybridized carbons (Fsp3) is 0.417. The van der Waals surface area contributed by atoms with Gasteiger partial charge >= 0.3 is 0 Å². The molecule has 1 N–H and O–H groups in total. The maximum atomic E-state index is 10.2. The molecule has 2 heterocycles. The zero-order valence-electron chi connectivity index (χ0n) is 9.85. The van der Waals surface area contributed by atoms with Gasteiger partial charge in [-0.05, 0) is 52.9 Å². The molecule has 5 heteroatoms. The minimum absolute atomic E-state index is 0.459. The normalized spacial score (nSPS) is 12.9. The highest BCUT2D eigenvalue weighted by atomic mass is 79.9. The summed E-state index contributed by atoms with van der Waals surface area (Å²) in [6.45, 7) is 4.87. The third-order valence-corrected chi connectivity index (χ3v) is 4.18. The second-order valence-corrected chi connectivity index (χ2v) is 6.29. The SMILES string of the molecule is CCn1nc(C)cc1CC(O)c1csc(Br)c1. The molecule has 1 unspecified atom stereocenters. The molecule has 0 fully saturated rings. The Balaban J connectivity index is 2.14. The lowest BCUT2D eigenvalue weighted by Crippen LogP contribution is -2.07. The third kappa shape index (κ3) is 2.97. The predicted molar refractivity (Wildman–Crippen MR) is 73.3 cm³/mol. The molecule has 0 saturated carbocycles. The van der Waals surface area contributed by atoms with Crippen molar-refractivity contribution < 1.29 is 5.11 Å². The molecule has 0 amide bonds. The van der Waals surface area contributed by atoms with Crippen LogP contribution in [-0.2, 0) is 13.0 Å². The van der Waals surface area contributed by atoms with Gasteiger partial charge in [-0.3, -0.25) is 4.68 Å². The van der Waals surface area contributed by atoms with Crippen molar-refractivity contribution in [3.8, 4) is 0 Å². The molecule has 0 aliphatic carbocycles. The predicted octanol–water partition coefficient (Wildman–Crippen LogP) is 3.31. The quantitative estimate of drug-likeness (QED) is 0.940. The van der Waals surface area contributed by atoms with Crippen LogP contribution in [0.5, 0.6) is 0 Å². The second kappa shape index (κ2) is 5.33. The maximum Gasteiger partial charge on any atom is 0.0853 e. The lowest BCUT2D eigenvalue weighted by Gasteiger charge is -2.09. The Kier molecular flexibility index (Phi) is 4.01. The smallest absolute Gasteiger partial charge is 0.0853 e. The molecular formula is C12H15BrN2OS. The van der Waals surface area contributed by atoms with Crippen molar-refractivity contribution in [2.24, 2.45) is 0 Å². The van der Waals surface area contributed by atoms with E-state index in [0.29, 0.717) is 6.42 Å². The summed E-state index contributed by atoms with van der Waals surface area (Å²) in [5, 5.41) is 16.5. The van der Waals surface area contributed by atoms with E-state index in [1.807, 2.05) is 29.1 Å². The van der Waals surface area contributed by atoms with E-state index in [1.54, 1.807) is 11.3 Å². The topological polar surface area (TPSA) is 38.0 Å². The van der Waals surface area contributed by atoms with Crippen LogP contribution in [0.4, 0.5) is 0 Å². The van der Waals surface area contributed by atoms with Gasteiger partial charge in [0.2, 0.25) is 0 Å². The van der Waals surface area contributed by atoms with Gasteiger partial charge in [-0.2, -0.15) is 5.10 Å². The van der Waals surface area contributed by atoms with Crippen molar-refractivity contribution in [3.05, 3.63) is 38.3 Å². The number of hydrogen-bond acceptors (Lipinski definition) is 3. The van der Waals surface area contributed by atoms with E-state index in [9.17, 15) is 5.11 Å². The lowest BCUT2D eigenvalue weighted by molar-refractivity contribution is 0.176. The van der Waals surface area contributed by atoms with Gasteiger partial charge in [0.25, 0.3) is 0 Å². The summed E-state index contributed by atoms with van der Waals surface area (Å²) < 4.78 is 2.99. The molecule has 0 aliphatic heterocycles. The van der Waals surface area contributed by atoms with Crippen LogP contribution in [0.1, 0.15) is 30.0 Å². The third-order valence-electron chi connectivity index (χ3n) is 2.66. The van der Waals surface area contributed by atoms with E-state index in [2.05, 4.69) is 28.0 Å². The summed E-state index contributed by atoms with van der Waals surface area (Å²) in [6, 6.07) is 4.00. The number of aromatic nitrogens is 2. The van der Waals surface area contributed by atoms with E-state index in [4.69, 9.17) is 0 Å². The summed E-state index contributed by atoms with van der Waals surface area (Å²) in [6.07, 6.45) is 0.150. The van der Waals surface area contributed by atoms with Gasteiger partial charge in [-0.25, -0.2) is 0 Å². The molecule has 0 saturated heterocycles. The van der Waals surface area contributed by atoms with Crippen molar-refractivity contribution in [3.63, 3.8) is 0 Å². The first-order chi connectivity index (χ1) is 8.10. The summed E-state index contributed by atoms with van der Waals surface area (Å²) in [5.74, 6) is 0. The Hall–Kier alpha value is -0.650. The van der Waals surface area contributed by atoms with Crippen LogP contribution in [0, 0.1) is 6.92 Å². The van der Waals surface area contributed by atoms with Crippen LogP contribution in [0.15, 0.2) is 21.3 Å². The average Bonchev–Trinajstić information content (AvgIpc) is 2.85. The van der Waals surface area contributed by atoms with Crippen LogP contribution in [0.2, 0.25) is 0 Å². The minimum Gasteiger partial charge on any atom is -0.388 e. The highest BCUT2D eigenvalue weighted by molar-refractivity contribution is 9.11. The number of halogens is 1. The van der Waals surface area contributed by atoms with Gasteiger partial charge in [-0.15, -0.1) is 11.3 Å². The standard InChI is InChI=1S/C12H15BrN2OS/c1-3-15-10(4-8(2)14-15)6-11(16)9-5-12(13)17-7-9/h4-5,7,11,16H,3,6H2,1-2H3. The summed E-state index contributed by atoms with van der Waals surface area (Å²) >= 11 is 5.00. The summed E-state index contributed by atoms with van der Waals surface area (Å²) in [4.78, 5) is 0. The van der Waals surface area contributed by atoms with E-state index in [0.717, 1.165) is 27.3 Å². The molecule has 0 aliphatic rings. The molecular weight excluding hydrogens is 300 g/mol. The molecule has 1 atom stereocenters. The zero-order chi connectivity index (χ0) is 12.4. The number of nitrogens with zero attached hydrogens (tertiary/aromatic N) is 2. The Bertz CT molecular complexity index is 506. The monoisotopic (exact) mass is 314 g/mol. The van der Waals surface area contributed by atoms with Gasteiger partial charge in [0.05, 0.1) is 15.6 Å². The van der Waals surface area contributed by atoms with E-state index in [1.165, 1.54) is 0 Å². The number of aliphatic hydroxyl groups is 1. The van der Waals surface area contributed by atoms with Crippen LogP contribution in [-0.4, -0.2) is 14.9 Å². The highest BCUT2D eigenvalue weighted by Gasteiger charge is 2.13. The Labute approximate surface area is 113 Å². The van der Waals surface area contributed by atoms with Gasteiger partial charge in [0.15, 0.2) is 0 Å². The molecule has 2 aromatic rings. The Morgan fingerprint density at radius 2 is 2.29 bits per heavy atom. The molecule has 0 spiro atoms. The van der Waals surface area contributed by atoms with E-state index < -0.39 is 6.10 Å². The molecule has 0 bridgehead atoms. The van der Waals surface area contributed by atoms with E-state index in [-0.39, 0.29) is 0 Å². The Morgan fingerprint density at radius 3 is 2.88 bits per heavy atom. The first kappa shape index (κ1) is 12.8. The maximum absolute atomic E-state index is 10.2. The molecule has 0 aromatic carbocycles. The summed E-state index contributed by atoms with van der Waals surface area (Å²) in [7, 11) is 0. The fourth-order valence-electron chi connectivity index (χ4n) is 1.85. The largest absolute Gasteiger partial charge is 0.388 e. The number of thiophene rings is 1. The first-order valence-electron chi connectivity index (χ1n) is 5.55. The van der Waals surface area contributed by atoms with Crippen molar-refractivity contribution in [2.45, 2.75) is 32.9 Å². The van der Waals surface area contributed by atoms with Gasteiger partial charge in [0, 0.05) is 18.7 Å². The first-order valence-corrected chi connectivity index (χ1v) is 7.22. The number of hydrogen-bond donors (Lipinski definition) is 1. The summed E-state index contributed by atoms with van der Waals surface area (Å²) in [5.41, 5.74) is 3.05. The highest BCUT2D eigenvalue weighted by Crippen LogP contribution is 2.27. The number of aryl methyl sites for hydroxylation is 2. The average molecular weight is 315 g/mol. The molecule has 92 valence electrons. The van der Waals surface area contributed by atoms with Gasteiger partial charge in [-0.1, -0.05) is 0 Å². The van der Waals surface area contributed by atoms with Crippen LogP contribution < -0.4 is 0 Å². The van der Waals surface area contributed by atoms with E-state index >= 15 is 0 Å². The van der Waals surface area contributed by atoms with Gasteiger partial charge in [0.1, 0.15) is 0 Å². The van der Waals surface area contributed by atoms with Crippen LogP contribution in [0.25, 0.3) is 0 Å². The fourth-order valence-corrected chi connectivity index (χ4v) is 3.07. The van der Waals surface area contributed by atoms with Crippen molar-refractivity contribution in [2.75, 3.05) is 0 Å². The Morgan fingerprint density at radius 1 is 1.53 bits per heavy atom. The molecule has 3 nitrogen and oxygen atoms in total.